The van der Waals surface area contributed by atoms with Crippen molar-refractivity contribution in [2.24, 2.45) is 29.1 Å². The zero-order valence-corrected chi connectivity index (χ0v) is 11.0. The van der Waals surface area contributed by atoms with Crippen LogP contribution in [0.2, 0.25) is 0 Å². The maximum absolute atomic E-state index is 3.53. The van der Waals surface area contributed by atoms with E-state index in [1.54, 1.807) is 32.1 Å². The van der Waals surface area contributed by atoms with E-state index >= 15 is 0 Å². The van der Waals surface area contributed by atoms with Gasteiger partial charge in [-0.2, -0.15) is 0 Å². The first kappa shape index (κ1) is 11.1. The van der Waals surface area contributed by atoms with E-state index in [4.69, 9.17) is 0 Å². The molecule has 92 valence electrons. The molecule has 1 heteroatoms. The second-order valence-corrected chi connectivity index (χ2v) is 7.34. The lowest BCUT2D eigenvalue weighted by Crippen LogP contribution is -2.55. The zero-order valence-electron chi connectivity index (χ0n) is 11.0. The first-order chi connectivity index (χ1) is 7.67. The predicted octanol–water partition coefficient (Wildman–Crippen LogP) is 3.45. The van der Waals surface area contributed by atoms with Gasteiger partial charge in [0, 0.05) is 13.1 Å². The molecule has 0 aromatic carbocycles. The van der Waals surface area contributed by atoms with E-state index in [0.29, 0.717) is 5.41 Å². The molecule has 0 radical (unpaired) electrons. The van der Waals surface area contributed by atoms with Gasteiger partial charge in [0.05, 0.1) is 0 Å². The molecule has 2 bridgehead atoms. The summed E-state index contributed by atoms with van der Waals surface area (Å²) in [6.07, 6.45) is 9.25. The van der Waals surface area contributed by atoms with E-state index in [9.17, 15) is 0 Å². The summed E-state index contributed by atoms with van der Waals surface area (Å²) in [5, 5.41) is 3.53. The molecule has 16 heavy (non-hydrogen) atoms. The quantitative estimate of drug-likeness (QED) is 0.766. The molecule has 1 heterocycles. The lowest BCUT2D eigenvalue weighted by Gasteiger charge is -2.47. The van der Waals surface area contributed by atoms with Crippen LogP contribution in [0.15, 0.2) is 0 Å². The number of hydrogen-bond donors (Lipinski definition) is 1. The van der Waals surface area contributed by atoms with E-state index in [-0.39, 0.29) is 0 Å². The van der Waals surface area contributed by atoms with Crippen molar-refractivity contribution in [1.29, 1.82) is 0 Å². The van der Waals surface area contributed by atoms with Gasteiger partial charge < -0.3 is 5.32 Å². The van der Waals surface area contributed by atoms with Gasteiger partial charge in [0.1, 0.15) is 0 Å². The van der Waals surface area contributed by atoms with Gasteiger partial charge in [-0.05, 0) is 61.2 Å². The Hall–Kier alpha value is -0.0400. The highest BCUT2D eigenvalue weighted by atomic mass is 15.0. The standard InChI is InChI=1S/C15H27N/c1-11(2)7-15(9-16-10-15)8-14-6-12-3-4-13(14)5-12/h11-14,16H,3-10H2,1-2H3. The van der Waals surface area contributed by atoms with Crippen LogP contribution < -0.4 is 5.32 Å². The van der Waals surface area contributed by atoms with Crippen LogP contribution in [-0.2, 0) is 0 Å². The Morgan fingerprint density at radius 1 is 1.19 bits per heavy atom. The maximum Gasteiger partial charge on any atom is 0.00204 e. The Morgan fingerprint density at radius 3 is 2.44 bits per heavy atom. The molecule has 1 N–H and O–H groups in total. The van der Waals surface area contributed by atoms with Crippen molar-refractivity contribution in [2.75, 3.05) is 13.1 Å². The van der Waals surface area contributed by atoms with E-state index in [0.717, 1.165) is 23.7 Å². The molecule has 1 aliphatic heterocycles. The third-order valence-corrected chi connectivity index (χ3v) is 5.42. The van der Waals surface area contributed by atoms with Gasteiger partial charge in [-0.25, -0.2) is 0 Å². The summed E-state index contributed by atoms with van der Waals surface area (Å²) in [6, 6.07) is 0. The third kappa shape index (κ3) is 1.92. The van der Waals surface area contributed by atoms with E-state index in [2.05, 4.69) is 19.2 Å². The SMILES string of the molecule is CC(C)CC1(CC2CC3CCC2C3)CNC1. The summed E-state index contributed by atoms with van der Waals surface area (Å²) in [5.74, 6) is 4.22. The van der Waals surface area contributed by atoms with Crippen LogP contribution in [0, 0.1) is 29.1 Å². The number of nitrogens with one attached hydrogen (secondary N) is 1. The predicted molar refractivity (Wildman–Crippen MR) is 68.3 cm³/mol. The lowest BCUT2D eigenvalue weighted by molar-refractivity contribution is 0.0777. The van der Waals surface area contributed by atoms with Gasteiger partial charge in [0.2, 0.25) is 0 Å². The van der Waals surface area contributed by atoms with Crippen molar-refractivity contribution in [1.82, 2.24) is 5.32 Å². The van der Waals surface area contributed by atoms with Gasteiger partial charge in [0.15, 0.2) is 0 Å². The number of rotatable bonds is 4. The minimum atomic E-state index is 0.698. The van der Waals surface area contributed by atoms with Crippen molar-refractivity contribution < 1.29 is 0 Å². The van der Waals surface area contributed by atoms with E-state index in [1.165, 1.54) is 19.5 Å². The average molecular weight is 221 g/mol. The van der Waals surface area contributed by atoms with Crippen LogP contribution in [0.5, 0.6) is 0 Å². The molecular weight excluding hydrogens is 194 g/mol. The first-order valence-corrected chi connectivity index (χ1v) is 7.38. The van der Waals surface area contributed by atoms with Crippen LogP contribution in [0.1, 0.15) is 52.4 Å². The minimum absolute atomic E-state index is 0.698. The molecule has 3 unspecified atom stereocenters. The Bertz CT molecular complexity index is 254. The largest absolute Gasteiger partial charge is 0.316 e. The Kier molecular flexibility index (Phi) is 2.78. The molecule has 0 aromatic heterocycles. The Balaban J connectivity index is 1.60. The summed E-state index contributed by atoms with van der Waals surface area (Å²) in [5.41, 5.74) is 0.698. The summed E-state index contributed by atoms with van der Waals surface area (Å²) in [6.45, 7) is 7.39. The van der Waals surface area contributed by atoms with Crippen LogP contribution in [0.4, 0.5) is 0 Å². The molecule has 3 atom stereocenters. The number of fused-ring (bicyclic) bond motifs is 2. The molecule has 0 spiro atoms. The van der Waals surface area contributed by atoms with Gasteiger partial charge in [-0.3, -0.25) is 0 Å². The topological polar surface area (TPSA) is 12.0 Å². The molecule has 3 rings (SSSR count). The molecule has 0 amide bonds. The zero-order chi connectivity index (χ0) is 11.2. The van der Waals surface area contributed by atoms with Crippen molar-refractivity contribution in [3.05, 3.63) is 0 Å². The second kappa shape index (κ2) is 4.01. The van der Waals surface area contributed by atoms with E-state index < -0.39 is 0 Å². The number of hydrogen-bond acceptors (Lipinski definition) is 1. The highest BCUT2D eigenvalue weighted by Crippen LogP contribution is 2.53. The van der Waals surface area contributed by atoms with Crippen molar-refractivity contribution in [2.45, 2.75) is 52.4 Å². The summed E-state index contributed by atoms with van der Waals surface area (Å²) >= 11 is 0. The molecule has 3 aliphatic rings. The van der Waals surface area contributed by atoms with Crippen LogP contribution >= 0.6 is 0 Å². The molecular formula is C15H27N. The van der Waals surface area contributed by atoms with Crippen molar-refractivity contribution in [3.8, 4) is 0 Å². The minimum Gasteiger partial charge on any atom is -0.316 e. The average Bonchev–Trinajstić information content (AvgIpc) is 2.74. The summed E-state index contributed by atoms with van der Waals surface area (Å²) in [7, 11) is 0. The second-order valence-electron chi connectivity index (χ2n) is 7.34. The van der Waals surface area contributed by atoms with E-state index in [1.807, 2.05) is 0 Å². The fraction of sp³-hybridized carbons (Fsp3) is 1.00. The van der Waals surface area contributed by atoms with Crippen LogP contribution in [-0.4, -0.2) is 13.1 Å². The van der Waals surface area contributed by atoms with Gasteiger partial charge >= 0.3 is 0 Å². The highest BCUT2D eigenvalue weighted by molar-refractivity contribution is 4.99. The molecule has 2 aliphatic carbocycles. The molecule has 1 saturated heterocycles. The third-order valence-electron chi connectivity index (χ3n) is 5.42. The molecule has 2 saturated carbocycles. The normalized spacial score (nSPS) is 40.3. The van der Waals surface area contributed by atoms with Gasteiger partial charge in [0.25, 0.3) is 0 Å². The smallest absolute Gasteiger partial charge is 0.00204 e. The first-order valence-electron chi connectivity index (χ1n) is 7.38. The van der Waals surface area contributed by atoms with Gasteiger partial charge in [-0.15, -0.1) is 0 Å². The molecule has 3 fully saturated rings. The Morgan fingerprint density at radius 2 is 2.00 bits per heavy atom. The van der Waals surface area contributed by atoms with Crippen LogP contribution in [0.3, 0.4) is 0 Å². The lowest BCUT2D eigenvalue weighted by atomic mass is 9.67. The maximum atomic E-state index is 3.53. The van der Waals surface area contributed by atoms with Gasteiger partial charge in [-0.1, -0.05) is 20.3 Å². The fourth-order valence-electron chi connectivity index (χ4n) is 4.90. The monoisotopic (exact) mass is 221 g/mol. The van der Waals surface area contributed by atoms with Crippen molar-refractivity contribution >= 4 is 0 Å². The van der Waals surface area contributed by atoms with Crippen LogP contribution in [0.25, 0.3) is 0 Å². The summed E-state index contributed by atoms with van der Waals surface area (Å²) < 4.78 is 0. The highest BCUT2D eigenvalue weighted by Gasteiger charge is 2.46. The molecule has 1 nitrogen and oxygen atoms in total. The fourth-order valence-corrected chi connectivity index (χ4v) is 4.90. The van der Waals surface area contributed by atoms with Crippen molar-refractivity contribution in [3.63, 3.8) is 0 Å². The summed E-state index contributed by atoms with van der Waals surface area (Å²) in [4.78, 5) is 0. The molecule has 0 aromatic rings. The Labute approximate surface area is 100 Å².